The molecule has 0 aromatic heterocycles. The fraction of sp³-hybridized carbons (Fsp3) is 0.238. The summed E-state index contributed by atoms with van der Waals surface area (Å²) in [5.74, 6) is 0.249. The largest absolute Gasteiger partial charge is 0.495 e. The Morgan fingerprint density at radius 1 is 0.700 bits per heavy atom. The molecule has 0 saturated heterocycles. The van der Waals surface area contributed by atoms with Crippen molar-refractivity contribution in [3.63, 3.8) is 0 Å². The second-order valence-electron chi connectivity index (χ2n) is 6.21. The molecule has 2 amide bonds. The van der Waals surface area contributed by atoms with E-state index in [0.717, 1.165) is 0 Å². The summed E-state index contributed by atoms with van der Waals surface area (Å²) >= 11 is 0. The SMILES string of the molecule is COc1ccc(C2=C(c3cc(OC)c(OC)c(OC)c3)C(=O)N(OC)C2=O)cc1N. The summed E-state index contributed by atoms with van der Waals surface area (Å²) in [6.45, 7) is 0. The van der Waals surface area contributed by atoms with Crippen LogP contribution in [0.3, 0.4) is 0 Å². The van der Waals surface area contributed by atoms with Crippen LogP contribution in [-0.4, -0.2) is 52.4 Å². The van der Waals surface area contributed by atoms with Gasteiger partial charge >= 0.3 is 0 Å². The molecule has 2 N–H and O–H groups in total. The molecule has 30 heavy (non-hydrogen) atoms. The lowest BCUT2D eigenvalue weighted by Gasteiger charge is -2.15. The number of amides is 2. The minimum atomic E-state index is -0.624. The molecule has 1 aliphatic heterocycles. The van der Waals surface area contributed by atoms with Gasteiger partial charge in [-0.3, -0.25) is 14.4 Å². The summed E-state index contributed by atoms with van der Waals surface area (Å²) in [5.41, 5.74) is 7.42. The number of hydroxylamine groups is 2. The third kappa shape index (κ3) is 3.29. The lowest BCUT2D eigenvalue weighted by molar-refractivity contribution is -0.176. The molecule has 9 nitrogen and oxygen atoms in total. The predicted octanol–water partition coefficient (Wildman–Crippen LogP) is 2.14. The van der Waals surface area contributed by atoms with Crippen LogP contribution < -0.4 is 24.7 Å². The highest BCUT2D eigenvalue weighted by molar-refractivity contribution is 6.48. The van der Waals surface area contributed by atoms with Crippen molar-refractivity contribution in [2.75, 3.05) is 41.3 Å². The molecular formula is C21H22N2O7. The van der Waals surface area contributed by atoms with Crippen molar-refractivity contribution in [3.8, 4) is 23.0 Å². The monoisotopic (exact) mass is 414 g/mol. The zero-order valence-corrected chi connectivity index (χ0v) is 17.3. The van der Waals surface area contributed by atoms with Gasteiger partial charge < -0.3 is 24.7 Å². The molecule has 0 saturated carbocycles. The van der Waals surface area contributed by atoms with E-state index in [0.29, 0.717) is 44.9 Å². The van der Waals surface area contributed by atoms with E-state index >= 15 is 0 Å². The first-order valence-electron chi connectivity index (χ1n) is 8.83. The van der Waals surface area contributed by atoms with E-state index in [2.05, 4.69) is 0 Å². The highest BCUT2D eigenvalue weighted by Crippen LogP contribution is 2.44. The Morgan fingerprint density at radius 2 is 1.23 bits per heavy atom. The van der Waals surface area contributed by atoms with Crippen LogP contribution in [0.4, 0.5) is 5.69 Å². The van der Waals surface area contributed by atoms with Gasteiger partial charge in [0.05, 0.1) is 52.4 Å². The number of anilines is 1. The normalized spacial score (nSPS) is 13.7. The zero-order chi connectivity index (χ0) is 22.0. The zero-order valence-electron chi connectivity index (χ0n) is 17.3. The van der Waals surface area contributed by atoms with Gasteiger partial charge in [0.2, 0.25) is 5.75 Å². The number of hydrogen-bond donors (Lipinski definition) is 1. The van der Waals surface area contributed by atoms with Gasteiger partial charge in [-0.2, -0.15) is 0 Å². The van der Waals surface area contributed by atoms with Crippen molar-refractivity contribution in [3.05, 3.63) is 41.5 Å². The fourth-order valence-corrected chi connectivity index (χ4v) is 3.33. The number of hydrogen-bond acceptors (Lipinski definition) is 8. The Balaban J connectivity index is 2.31. The standard InChI is InChI=1S/C21H22N2O7/c1-26-14-7-6-11(8-13(14)22)17-18(21(25)23(30-5)20(17)24)12-9-15(27-2)19(29-4)16(10-12)28-3/h6-10H,22H2,1-5H3. The molecule has 3 rings (SSSR count). The molecule has 2 aromatic carbocycles. The first-order valence-corrected chi connectivity index (χ1v) is 8.83. The molecule has 1 aliphatic rings. The second-order valence-corrected chi connectivity index (χ2v) is 6.21. The number of ether oxygens (including phenoxy) is 4. The van der Waals surface area contributed by atoms with Gasteiger partial charge in [-0.25, -0.2) is 0 Å². The number of carbonyl (C=O) groups excluding carboxylic acids is 2. The van der Waals surface area contributed by atoms with Crippen molar-refractivity contribution >= 4 is 28.6 Å². The molecule has 0 fully saturated rings. The fourth-order valence-electron chi connectivity index (χ4n) is 3.33. The van der Waals surface area contributed by atoms with E-state index in [4.69, 9.17) is 29.5 Å². The minimum absolute atomic E-state index is 0.116. The predicted molar refractivity (Wildman–Crippen MR) is 109 cm³/mol. The number of methoxy groups -OCH3 is 4. The number of benzene rings is 2. The molecule has 0 bridgehead atoms. The number of nitrogen functional groups attached to an aromatic ring is 1. The molecule has 158 valence electrons. The van der Waals surface area contributed by atoms with E-state index in [1.54, 1.807) is 30.3 Å². The number of rotatable bonds is 7. The lowest BCUT2D eigenvalue weighted by atomic mass is 9.95. The number of nitrogens with zero attached hydrogens (tertiary/aromatic N) is 1. The lowest BCUT2D eigenvalue weighted by Crippen LogP contribution is -2.30. The van der Waals surface area contributed by atoms with Crippen LogP contribution in [0.25, 0.3) is 11.1 Å². The van der Waals surface area contributed by atoms with Crippen LogP contribution in [0.15, 0.2) is 30.3 Å². The molecule has 1 heterocycles. The first kappa shape index (κ1) is 21.0. The maximum Gasteiger partial charge on any atom is 0.286 e. The topological polar surface area (TPSA) is 110 Å². The van der Waals surface area contributed by atoms with Crippen LogP contribution in [0.1, 0.15) is 11.1 Å². The van der Waals surface area contributed by atoms with Crippen molar-refractivity contribution in [2.45, 2.75) is 0 Å². The van der Waals surface area contributed by atoms with Gasteiger partial charge in [0.15, 0.2) is 11.5 Å². The Hall–Kier alpha value is -3.72. The van der Waals surface area contributed by atoms with E-state index in [-0.39, 0.29) is 11.1 Å². The third-order valence-electron chi connectivity index (χ3n) is 4.70. The summed E-state index contributed by atoms with van der Waals surface area (Å²) in [6.07, 6.45) is 0. The van der Waals surface area contributed by atoms with Gasteiger partial charge in [-0.15, -0.1) is 5.06 Å². The maximum absolute atomic E-state index is 13.0. The summed E-state index contributed by atoms with van der Waals surface area (Å²) in [5, 5.41) is 0.689. The van der Waals surface area contributed by atoms with Crippen LogP contribution in [0.2, 0.25) is 0 Å². The van der Waals surface area contributed by atoms with Crippen molar-refractivity contribution in [1.29, 1.82) is 0 Å². The third-order valence-corrected chi connectivity index (χ3v) is 4.70. The summed E-state index contributed by atoms with van der Waals surface area (Å²) in [6, 6.07) is 8.02. The Kier molecular flexibility index (Phi) is 5.84. The molecule has 0 aliphatic carbocycles. The maximum atomic E-state index is 13.0. The molecular weight excluding hydrogens is 392 g/mol. The quantitative estimate of drug-likeness (QED) is 0.542. The van der Waals surface area contributed by atoms with E-state index in [1.807, 2.05) is 0 Å². The first-order chi connectivity index (χ1) is 14.4. The Labute approximate surface area is 173 Å². The average Bonchev–Trinajstić information content (AvgIpc) is 3.01. The molecule has 0 radical (unpaired) electrons. The van der Waals surface area contributed by atoms with Gasteiger partial charge in [0.1, 0.15) is 5.75 Å². The minimum Gasteiger partial charge on any atom is -0.495 e. The van der Waals surface area contributed by atoms with Gasteiger partial charge in [0.25, 0.3) is 11.8 Å². The van der Waals surface area contributed by atoms with E-state index in [1.165, 1.54) is 35.5 Å². The van der Waals surface area contributed by atoms with E-state index in [9.17, 15) is 9.59 Å². The Morgan fingerprint density at radius 3 is 1.67 bits per heavy atom. The van der Waals surface area contributed by atoms with Crippen LogP contribution in [0.5, 0.6) is 23.0 Å². The Bertz CT molecular complexity index is 1020. The molecule has 0 atom stereocenters. The molecule has 0 spiro atoms. The summed E-state index contributed by atoms with van der Waals surface area (Å²) in [4.78, 5) is 31.1. The molecule has 0 unspecified atom stereocenters. The number of carbonyl (C=O) groups is 2. The van der Waals surface area contributed by atoms with Crippen LogP contribution >= 0.6 is 0 Å². The number of nitrogens with two attached hydrogens (primary N) is 1. The second kappa shape index (κ2) is 8.34. The summed E-state index contributed by atoms with van der Waals surface area (Å²) in [7, 11) is 7.13. The smallest absolute Gasteiger partial charge is 0.286 e. The van der Waals surface area contributed by atoms with Crippen LogP contribution in [0, 0.1) is 0 Å². The van der Waals surface area contributed by atoms with Gasteiger partial charge in [0, 0.05) is 0 Å². The highest BCUT2D eigenvalue weighted by Gasteiger charge is 2.41. The summed E-state index contributed by atoms with van der Waals surface area (Å²) < 4.78 is 21.3. The molecule has 9 heteroatoms. The van der Waals surface area contributed by atoms with Crippen molar-refractivity contribution in [2.24, 2.45) is 0 Å². The number of imide groups is 1. The van der Waals surface area contributed by atoms with Crippen molar-refractivity contribution < 1.29 is 33.4 Å². The van der Waals surface area contributed by atoms with Crippen LogP contribution in [-0.2, 0) is 14.4 Å². The average molecular weight is 414 g/mol. The molecule has 2 aromatic rings. The van der Waals surface area contributed by atoms with Gasteiger partial charge in [-0.1, -0.05) is 6.07 Å². The van der Waals surface area contributed by atoms with Crippen molar-refractivity contribution in [1.82, 2.24) is 5.06 Å². The van der Waals surface area contributed by atoms with Gasteiger partial charge in [-0.05, 0) is 35.4 Å². The highest BCUT2D eigenvalue weighted by atomic mass is 16.7. The van der Waals surface area contributed by atoms with E-state index < -0.39 is 11.8 Å².